The fraction of sp³-hybridized carbons (Fsp3) is 0.778. The summed E-state index contributed by atoms with van der Waals surface area (Å²) >= 11 is 0. The van der Waals surface area contributed by atoms with Crippen molar-refractivity contribution >= 4 is 11.9 Å². The third-order valence-electron chi connectivity index (χ3n) is 3.44. The predicted octanol–water partition coefficient (Wildman–Crippen LogP) is 4.57. The van der Waals surface area contributed by atoms with Crippen molar-refractivity contribution in [1.82, 2.24) is 0 Å². The molecular formula is C18H32O4. The van der Waals surface area contributed by atoms with Crippen molar-refractivity contribution in [1.29, 1.82) is 0 Å². The first kappa shape index (κ1) is 20.7. The molecule has 0 atom stereocenters. The van der Waals surface area contributed by atoms with E-state index in [-0.39, 0.29) is 11.9 Å². The van der Waals surface area contributed by atoms with Gasteiger partial charge in [0, 0.05) is 11.1 Å². The summed E-state index contributed by atoms with van der Waals surface area (Å²) in [4.78, 5) is 24.3. The second-order valence-electron chi connectivity index (χ2n) is 5.31. The zero-order chi connectivity index (χ0) is 16.8. The minimum Gasteiger partial charge on any atom is -0.463 e. The molecule has 0 aliphatic rings. The van der Waals surface area contributed by atoms with Crippen molar-refractivity contribution in [2.24, 2.45) is 0 Å². The Bertz CT molecular complexity index is 358. The van der Waals surface area contributed by atoms with E-state index in [0.29, 0.717) is 37.2 Å². The van der Waals surface area contributed by atoms with Crippen molar-refractivity contribution in [3.63, 3.8) is 0 Å². The summed E-state index contributed by atoms with van der Waals surface area (Å²) in [5.74, 6) is -0.740. The minimum atomic E-state index is -0.374. The van der Waals surface area contributed by atoms with E-state index in [1.807, 2.05) is 6.92 Å². The molecule has 0 bridgehead atoms. The van der Waals surface area contributed by atoms with Gasteiger partial charge in [-0.15, -0.1) is 0 Å². The van der Waals surface area contributed by atoms with Crippen LogP contribution in [0.4, 0.5) is 0 Å². The van der Waals surface area contributed by atoms with Crippen LogP contribution in [-0.2, 0) is 19.1 Å². The van der Waals surface area contributed by atoms with Crippen LogP contribution in [0, 0.1) is 0 Å². The minimum absolute atomic E-state index is 0.318. The Morgan fingerprint density at radius 1 is 0.636 bits per heavy atom. The van der Waals surface area contributed by atoms with Crippen LogP contribution in [0.1, 0.15) is 79.1 Å². The van der Waals surface area contributed by atoms with Gasteiger partial charge in [-0.25, -0.2) is 9.59 Å². The monoisotopic (exact) mass is 312 g/mol. The summed E-state index contributed by atoms with van der Waals surface area (Å²) in [5.41, 5.74) is 1.01. The predicted molar refractivity (Wildman–Crippen MR) is 88.6 cm³/mol. The highest BCUT2D eigenvalue weighted by atomic mass is 16.5. The molecule has 0 spiro atoms. The number of ether oxygens (including phenoxy) is 2. The van der Waals surface area contributed by atoms with Gasteiger partial charge >= 0.3 is 11.9 Å². The quantitative estimate of drug-likeness (QED) is 0.301. The third kappa shape index (κ3) is 8.20. The Morgan fingerprint density at radius 2 is 1.14 bits per heavy atom. The summed E-state index contributed by atoms with van der Waals surface area (Å²) < 4.78 is 10.2. The maximum Gasteiger partial charge on any atom is 0.334 e. The van der Waals surface area contributed by atoms with Crippen LogP contribution in [0.2, 0.25) is 0 Å². The number of carbonyl (C=O) groups is 2. The molecule has 0 N–H and O–H groups in total. The lowest BCUT2D eigenvalue weighted by Crippen LogP contribution is -2.17. The summed E-state index contributed by atoms with van der Waals surface area (Å²) in [6, 6.07) is 0. The molecule has 0 saturated carbocycles. The number of esters is 2. The number of unbranched alkanes of at least 4 members (excludes halogenated alkanes) is 4. The lowest BCUT2D eigenvalue weighted by atomic mass is 9.98. The summed E-state index contributed by atoms with van der Waals surface area (Å²) in [6.45, 7) is 8.35. The zero-order valence-electron chi connectivity index (χ0n) is 14.7. The van der Waals surface area contributed by atoms with Crippen molar-refractivity contribution in [2.45, 2.75) is 79.1 Å². The van der Waals surface area contributed by atoms with Crippen LogP contribution in [0.15, 0.2) is 11.1 Å². The molecule has 0 amide bonds. The maximum absolute atomic E-state index is 12.2. The molecular weight excluding hydrogens is 280 g/mol. The SMILES string of the molecule is CCCCCCCC(C(=O)OCC)=C(CCC)C(=O)OCC. The molecule has 128 valence electrons. The number of hydrogen-bond donors (Lipinski definition) is 0. The molecule has 0 saturated heterocycles. The van der Waals surface area contributed by atoms with Crippen LogP contribution in [0.5, 0.6) is 0 Å². The van der Waals surface area contributed by atoms with Gasteiger partial charge in [-0.2, -0.15) is 0 Å². The van der Waals surface area contributed by atoms with Gasteiger partial charge in [-0.1, -0.05) is 46.0 Å². The molecule has 0 aromatic heterocycles. The molecule has 0 aromatic rings. The van der Waals surface area contributed by atoms with Crippen molar-refractivity contribution in [2.75, 3.05) is 13.2 Å². The molecule has 0 aromatic carbocycles. The van der Waals surface area contributed by atoms with Gasteiger partial charge < -0.3 is 9.47 Å². The summed E-state index contributed by atoms with van der Waals surface area (Å²) in [5, 5.41) is 0. The van der Waals surface area contributed by atoms with Gasteiger partial charge in [0.1, 0.15) is 0 Å². The molecule has 0 heterocycles. The molecule has 0 radical (unpaired) electrons. The average molecular weight is 312 g/mol. The van der Waals surface area contributed by atoms with Crippen LogP contribution >= 0.6 is 0 Å². The fourth-order valence-corrected chi connectivity index (χ4v) is 2.34. The summed E-state index contributed by atoms with van der Waals surface area (Å²) in [6.07, 6.45) is 7.48. The van der Waals surface area contributed by atoms with E-state index in [1.165, 1.54) is 12.8 Å². The van der Waals surface area contributed by atoms with Crippen LogP contribution in [0.3, 0.4) is 0 Å². The van der Waals surface area contributed by atoms with E-state index in [0.717, 1.165) is 25.7 Å². The van der Waals surface area contributed by atoms with E-state index >= 15 is 0 Å². The van der Waals surface area contributed by atoms with Crippen molar-refractivity contribution in [3.05, 3.63) is 11.1 Å². The highest BCUT2D eigenvalue weighted by Crippen LogP contribution is 2.21. The number of carbonyl (C=O) groups excluding carboxylic acids is 2. The van der Waals surface area contributed by atoms with E-state index in [9.17, 15) is 9.59 Å². The Labute approximate surface area is 135 Å². The van der Waals surface area contributed by atoms with E-state index in [4.69, 9.17) is 9.47 Å². The van der Waals surface area contributed by atoms with Crippen LogP contribution < -0.4 is 0 Å². The van der Waals surface area contributed by atoms with Gasteiger partial charge in [0.05, 0.1) is 13.2 Å². The molecule has 0 aliphatic carbocycles. The van der Waals surface area contributed by atoms with E-state index in [1.54, 1.807) is 13.8 Å². The Kier molecular flexibility index (Phi) is 12.5. The largest absolute Gasteiger partial charge is 0.463 e. The van der Waals surface area contributed by atoms with E-state index < -0.39 is 0 Å². The lowest BCUT2D eigenvalue weighted by Gasteiger charge is -2.13. The normalized spacial score (nSPS) is 11.8. The molecule has 0 rings (SSSR count). The van der Waals surface area contributed by atoms with Crippen molar-refractivity contribution in [3.8, 4) is 0 Å². The second kappa shape index (κ2) is 13.4. The average Bonchev–Trinajstić information content (AvgIpc) is 2.49. The smallest absolute Gasteiger partial charge is 0.334 e. The zero-order valence-corrected chi connectivity index (χ0v) is 14.7. The molecule has 4 nitrogen and oxygen atoms in total. The van der Waals surface area contributed by atoms with Crippen LogP contribution in [0.25, 0.3) is 0 Å². The van der Waals surface area contributed by atoms with Gasteiger partial charge in [0.15, 0.2) is 0 Å². The Morgan fingerprint density at radius 3 is 1.59 bits per heavy atom. The van der Waals surface area contributed by atoms with Crippen molar-refractivity contribution < 1.29 is 19.1 Å². The Balaban J connectivity index is 5.05. The number of hydrogen-bond acceptors (Lipinski definition) is 4. The molecule has 0 unspecified atom stereocenters. The molecule has 4 heteroatoms. The third-order valence-corrected chi connectivity index (χ3v) is 3.44. The van der Waals surface area contributed by atoms with Gasteiger partial charge in [0.2, 0.25) is 0 Å². The Hall–Kier alpha value is -1.32. The first-order valence-electron chi connectivity index (χ1n) is 8.68. The van der Waals surface area contributed by atoms with Gasteiger partial charge in [0.25, 0.3) is 0 Å². The number of rotatable bonds is 12. The fourth-order valence-electron chi connectivity index (χ4n) is 2.34. The molecule has 0 aliphatic heterocycles. The molecule has 0 fully saturated rings. The lowest BCUT2D eigenvalue weighted by molar-refractivity contribution is -0.142. The highest BCUT2D eigenvalue weighted by Gasteiger charge is 2.22. The van der Waals surface area contributed by atoms with Gasteiger partial charge in [-0.05, 0) is 33.1 Å². The first-order chi connectivity index (χ1) is 10.6. The van der Waals surface area contributed by atoms with Gasteiger partial charge in [-0.3, -0.25) is 0 Å². The molecule has 22 heavy (non-hydrogen) atoms. The standard InChI is InChI=1S/C18H32O4/c1-5-9-10-11-12-14-16(18(20)22-8-4)15(13-6-2)17(19)21-7-3/h5-14H2,1-4H3. The summed E-state index contributed by atoms with van der Waals surface area (Å²) in [7, 11) is 0. The maximum atomic E-state index is 12.2. The topological polar surface area (TPSA) is 52.6 Å². The van der Waals surface area contributed by atoms with E-state index in [2.05, 4.69) is 6.92 Å². The van der Waals surface area contributed by atoms with Crippen LogP contribution in [-0.4, -0.2) is 25.2 Å². The second-order valence-corrected chi connectivity index (χ2v) is 5.31. The first-order valence-corrected chi connectivity index (χ1v) is 8.68. The highest BCUT2D eigenvalue weighted by molar-refractivity contribution is 6.00.